The molecule has 2 amide bonds. The summed E-state index contributed by atoms with van der Waals surface area (Å²) in [5.41, 5.74) is 0.413. The average molecular weight is 735 g/mol. The van der Waals surface area contributed by atoms with Crippen LogP contribution >= 0.6 is 23.2 Å². The van der Waals surface area contributed by atoms with Gasteiger partial charge in [-0.05, 0) is 73.9 Å². The number of aryl methyl sites for hydroxylation is 1. The lowest BCUT2D eigenvalue weighted by Crippen LogP contribution is -2.54. The highest BCUT2D eigenvalue weighted by atomic mass is 35.5. The van der Waals surface area contributed by atoms with Crippen LogP contribution in [0.1, 0.15) is 42.5 Å². The smallest absolute Gasteiger partial charge is 0.352 e. The summed E-state index contributed by atoms with van der Waals surface area (Å²) < 4.78 is 70.4. The van der Waals surface area contributed by atoms with Crippen molar-refractivity contribution >= 4 is 50.7 Å². The molecule has 0 aliphatic rings. The van der Waals surface area contributed by atoms with Crippen LogP contribution in [-0.2, 0) is 38.8 Å². The van der Waals surface area contributed by atoms with Crippen molar-refractivity contribution in [3.8, 4) is 0 Å². The molecule has 49 heavy (non-hydrogen) atoms. The number of carbonyl (C=O) groups is 2. The van der Waals surface area contributed by atoms with E-state index in [1.54, 1.807) is 61.5 Å². The molecule has 4 aromatic rings. The molecule has 4 rings (SSSR count). The van der Waals surface area contributed by atoms with Gasteiger partial charge in [-0.25, -0.2) is 8.42 Å². The van der Waals surface area contributed by atoms with Crippen LogP contribution in [0.3, 0.4) is 0 Å². The zero-order valence-corrected chi connectivity index (χ0v) is 29.4. The van der Waals surface area contributed by atoms with Gasteiger partial charge in [0.2, 0.25) is 11.8 Å². The number of benzene rings is 4. The highest BCUT2D eigenvalue weighted by Gasteiger charge is 2.37. The quantitative estimate of drug-likeness (QED) is 0.151. The third-order valence-electron chi connectivity index (χ3n) is 7.98. The second kappa shape index (κ2) is 16.1. The molecule has 0 aliphatic carbocycles. The Morgan fingerprint density at radius 3 is 2.18 bits per heavy atom. The van der Waals surface area contributed by atoms with Crippen LogP contribution in [0.5, 0.6) is 0 Å². The third kappa shape index (κ3) is 9.77. The number of halogens is 5. The van der Waals surface area contributed by atoms with E-state index in [0.29, 0.717) is 32.9 Å². The van der Waals surface area contributed by atoms with E-state index >= 15 is 0 Å². The first-order valence-corrected chi connectivity index (χ1v) is 17.6. The summed E-state index contributed by atoms with van der Waals surface area (Å²) in [4.78, 5) is 29.5. The van der Waals surface area contributed by atoms with Crippen LogP contribution in [0.4, 0.5) is 18.9 Å². The van der Waals surface area contributed by atoms with E-state index in [-0.39, 0.29) is 34.6 Å². The molecule has 0 aromatic heterocycles. The topological polar surface area (TPSA) is 86.8 Å². The maximum absolute atomic E-state index is 14.6. The molecule has 2 atom stereocenters. The second-order valence-corrected chi connectivity index (χ2v) is 14.4. The lowest BCUT2D eigenvalue weighted by atomic mass is 10.0. The molecule has 4 aromatic carbocycles. The maximum atomic E-state index is 14.6. The van der Waals surface area contributed by atoms with Crippen molar-refractivity contribution in [3.63, 3.8) is 0 Å². The highest BCUT2D eigenvalue weighted by Crippen LogP contribution is 2.34. The Balaban J connectivity index is 1.87. The molecular formula is C36H36Cl2F3N3O4S. The van der Waals surface area contributed by atoms with Crippen molar-refractivity contribution in [3.05, 3.63) is 129 Å². The Hall–Kier alpha value is -4.06. The van der Waals surface area contributed by atoms with Crippen molar-refractivity contribution in [2.75, 3.05) is 10.8 Å². The van der Waals surface area contributed by atoms with E-state index in [9.17, 15) is 31.2 Å². The van der Waals surface area contributed by atoms with Gasteiger partial charge in [-0.3, -0.25) is 13.9 Å². The number of hydrogen-bond donors (Lipinski definition) is 1. The predicted octanol–water partition coefficient (Wildman–Crippen LogP) is 8.07. The van der Waals surface area contributed by atoms with Crippen molar-refractivity contribution in [2.45, 2.75) is 63.3 Å². The van der Waals surface area contributed by atoms with Gasteiger partial charge in [-0.1, -0.05) is 90.3 Å². The van der Waals surface area contributed by atoms with Gasteiger partial charge in [0.1, 0.15) is 12.6 Å². The molecule has 0 saturated heterocycles. The van der Waals surface area contributed by atoms with Crippen molar-refractivity contribution < 1.29 is 31.2 Å². The molecule has 0 unspecified atom stereocenters. The van der Waals surface area contributed by atoms with E-state index in [0.717, 1.165) is 17.7 Å². The first kappa shape index (κ1) is 37.8. The minimum atomic E-state index is -4.79. The Labute approximate surface area is 294 Å². The Morgan fingerprint density at radius 2 is 1.57 bits per heavy atom. The second-order valence-electron chi connectivity index (χ2n) is 11.7. The Morgan fingerprint density at radius 1 is 0.898 bits per heavy atom. The molecule has 0 heterocycles. The van der Waals surface area contributed by atoms with Gasteiger partial charge in [-0.2, -0.15) is 13.2 Å². The number of anilines is 1. The Bertz CT molecular complexity index is 1870. The number of carbonyl (C=O) groups excluding carboxylic acids is 2. The number of sulfonamides is 1. The highest BCUT2D eigenvalue weighted by molar-refractivity contribution is 7.92. The number of nitrogens with zero attached hydrogens (tertiary/aromatic N) is 2. The van der Waals surface area contributed by atoms with Crippen LogP contribution in [0.2, 0.25) is 10.0 Å². The molecule has 0 saturated carbocycles. The first-order chi connectivity index (χ1) is 23.1. The number of hydrogen-bond acceptors (Lipinski definition) is 4. The lowest BCUT2D eigenvalue weighted by Gasteiger charge is -2.34. The number of alkyl halides is 3. The fourth-order valence-corrected chi connectivity index (χ4v) is 6.91. The largest absolute Gasteiger partial charge is 0.416 e. The van der Waals surface area contributed by atoms with Crippen LogP contribution in [0.15, 0.2) is 102 Å². The Kier molecular flexibility index (Phi) is 12.4. The van der Waals surface area contributed by atoms with Crippen LogP contribution < -0.4 is 9.62 Å². The summed E-state index contributed by atoms with van der Waals surface area (Å²) in [7, 11) is -4.60. The standard InChI is InChI=1S/C36H36Cl2F3N3O4S/c1-4-25(3)42-35(46)33(19-26-9-6-5-7-10-26)43(22-27-15-16-29(37)21-32(27)38)34(45)23-44(30-12-8-11-28(20-30)36(39,40)41)49(47,48)31-17-13-24(2)14-18-31/h5-18,20-21,25,33H,4,19,22-23H2,1-3H3,(H,42,46)/t25-,33+/m1/s1. The van der Waals surface area contributed by atoms with Crippen molar-refractivity contribution in [1.29, 1.82) is 0 Å². The van der Waals surface area contributed by atoms with E-state index in [2.05, 4.69) is 5.32 Å². The van der Waals surface area contributed by atoms with Gasteiger partial charge >= 0.3 is 6.18 Å². The van der Waals surface area contributed by atoms with Crippen LogP contribution in [0, 0.1) is 6.92 Å². The van der Waals surface area contributed by atoms with Crippen molar-refractivity contribution in [2.24, 2.45) is 0 Å². The maximum Gasteiger partial charge on any atom is 0.416 e. The van der Waals surface area contributed by atoms with Gasteiger partial charge in [0, 0.05) is 29.1 Å². The fourth-order valence-electron chi connectivity index (χ4n) is 5.03. The third-order valence-corrected chi connectivity index (χ3v) is 10.4. The SMILES string of the molecule is CC[C@@H](C)NC(=O)[C@H](Cc1ccccc1)N(Cc1ccc(Cl)cc1Cl)C(=O)CN(c1cccc(C(F)(F)F)c1)S(=O)(=O)c1ccc(C)cc1. The summed E-state index contributed by atoms with van der Waals surface area (Å²) >= 11 is 12.6. The molecular weight excluding hydrogens is 698 g/mol. The minimum absolute atomic E-state index is 0.0499. The zero-order chi connectivity index (χ0) is 35.9. The van der Waals surface area contributed by atoms with Gasteiger partial charge in [0.05, 0.1) is 16.1 Å². The molecule has 0 radical (unpaired) electrons. The molecule has 7 nitrogen and oxygen atoms in total. The monoisotopic (exact) mass is 733 g/mol. The van der Waals surface area contributed by atoms with E-state index in [4.69, 9.17) is 23.2 Å². The number of rotatable bonds is 13. The fraction of sp³-hybridized carbons (Fsp3) is 0.278. The summed E-state index contributed by atoms with van der Waals surface area (Å²) in [6.07, 6.45) is -4.14. The predicted molar refractivity (Wildman–Crippen MR) is 186 cm³/mol. The number of amides is 2. The first-order valence-electron chi connectivity index (χ1n) is 15.4. The van der Waals surface area contributed by atoms with Crippen molar-refractivity contribution in [1.82, 2.24) is 10.2 Å². The zero-order valence-electron chi connectivity index (χ0n) is 27.0. The molecule has 0 fully saturated rings. The van der Waals surface area contributed by atoms with E-state index in [1.807, 2.05) is 13.8 Å². The number of nitrogens with one attached hydrogen (secondary N) is 1. The molecule has 0 bridgehead atoms. The van der Waals surface area contributed by atoms with Gasteiger partial charge < -0.3 is 10.2 Å². The van der Waals surface area contributed by atoms with E-state index < -0.39 is 46.2 Å². The molecule has 1 N–H and O–H groups in total. The lowest BCUT2D eigenvalue weighted by molar-refractivity contribution is -0.140. The summed E-state index contributed by atoms with van der Waals surface area (Å²) in [5.74, 6) is -1.34. The van der Waals surface area contributed by atoms with Gasteiger partial charge in [0.15, 0.2) is 0 Å². The molecule has 0 aliphatic heterocycles. The van der Waals surface area contributed by atoms with Crippen LogP contribution in [0.25, 0.3) is 0 Å². The summed E-state index contributed by atoms with van der Waals surface area (Å²) in [6.45, 7) is 4.28. The molecule has 0 spiro atoms. The van der Waals surface area contributed by atoms with Gasteiger partial charge in [0.25, 0.3) is 10.0 Å². The summed E-state index contributed by atoms with van der Waals surface area (Å²) in [5, 5.41) is 3.46. The van der Waals surface area contributed by atoms with Gasteiger partial charge in [-0.15, -0.1) is 0 Å². The minimum Gasteiger partial charge on any atom is -0.352 e. The van der Waals surface area contributed by atoms with Crippen LogP contribution in [-0.4, -0.2) is 43.8 Å². The molecule has 13 heteroatoms. The van der Waals surface area contributed by atoms with E-state index in [1.165, 1.54) is 29.2 Å². The normalized spacial score (nSPS) is 13.0. The average Bonchev–Trinajstić information content (AvgIpc) is 3.06. The molecule has 260 valence electrons. The summed E-state index contributed by atoms with van der Waals surface area (Å²) in [6, 6.07) is 21.6.